The fourth-order valence-corrected chi connectivity index (χ4v) is 3.85. The number of nitrogens with zero attached hydrogens (tertiary/aromatic N) is 2. The molecule has 3 aromatic carbocycles. The molecular formula is C27H27N5O3. The molecule has 0 aliphatic heterocycles. The van der Waals surface area contributed by atoms with Crippen molar-refractivity contribution in [1.82, 2.24) is 20.2 Å². The van der Waals surface area contributed by atoms with Gasteiger partial charge in [-0.05, 0) is 43.8 Å². The molecule has 0 aliphatic rings. The number of carbonyl (C=O) groups is 2. The molecule has 0 radical (unpaired) electrons. The van der Waals surface area contributed by atoms with E-state index in [2.05, 4.69) is 20.6 Å². The van der Waals surface area contributed by atoms with E-state index in [0.29, 0.717) is 28.0 Å². The van der Waals surface area contributed by atoms with Crippen LogP contribution in [0.1, 0.15) is 34.7 Å². The van der Waals surface area contributed by atoms with Crippen LogP contribution in [0.4, 0.5) is 5.69 Å². The van der Waals surface area contributed by atoms with E-state index < -0.39 is 0 Å². The van der Waals surface area contributed by atoms with Crippen molar-refractivity contribution in [2.45, 2.75) is 19.5 Å². The molecule has 8 heteroatoms. The lowest BCUT2D eigenvalue weighted by atomic mass is 10.1. The van der Waals surface area contributed by atoms with E-state index in [4.69, 9.17) is 0 Å². The maximum Gasteiger partial charge on any atom is 0.258 e. The van der Waals surface area contributed by atoms with Gasteiger partial charge in [-0.3, -0.25) is 19.3 Å². The van der Waals surface area contributed by atoms with Crippen LogP contribution < -0.4 is 16.2 Å². The van der Waals surface area contributed by atoms with Crippen LogP contribution >= 0.6 is 0 Å². The molecule has 0 aliphatic carbocycles. The predicted octanol–water partition coefficient (Wildman–Crippen LogP) is 3.48. The zero-order valence-electron chi connectivity index (χ0n) is 19.6. The van der Waals surface area contributed by atoms with Crippen LogP contribution in [0.25, 0.3) is 10.9 Å². The first-order valence-corrected chi connectivity index (χ1v) is 11.3. The van der Waals surface area contributed by atoms with E-state index in [-0.39, 0.29) is 36.5 Å². The SMILES string of the molecule is C[C@H](NC(=O)c1ccccc1NC(=O)CN(C)Cc1nc2ccccc2c(=O)[nH]1)c1ccccc1. The van der Waals surface area contributed by atoms with Gasteiger partial charge in [0.05, 0.1) is 41.3 Å². The number of amides is 2. The van der Waals surface area contributed by atoms with E-state index in [1.165, 1.54) is 0 Å². The summed E-state index contributed by atoms with van der Waals surface area (Å²) < 4.78 is 0. The van der Waals surface area contributed by atoms with Crippen LogP contribution in [0.5, 0.6) is 0 Å². The molecule has 0 fully saturated rings. The third kappa shape index (κ3) is 5.99. The van der Waals surface area contributed by atoms with Crippen molar-refractivity contribution in [3.8, 4) is 0 Å². The normalized spacial score (nSPS) is 11.9. The highest BCUT2D eigenvalue weighted by Crippen LogP contribution is 2.18. The number of likely N-dealkylation sites (N-methyl/N-ethyl adjacent to an activating group) is 1. The molecule has 0 saturated carbocycles. The number of fused-ring (bicyclic) bond motifs is 1. The Bertz CT molecular complexity index is 1400. The molecule has 35 heavy (non-hydrogen) atoms. The van der Waals surface area contributed by atoms with E-state index in [0.717, 1.165) is 5.56 Å². The molecule has 4 rings (SSSR count). The number of anilines is 1. The van der Waals surface area contributed by atoms with Crippen LogP contribution in [-0.4, -0.2) is 40.3 Å². The Morgan fingerprint density at radius 3 is 2.46 bits per heavy atom. The van der Waals surface area contributed by atoms with Gasteiger partial charge in [-0.25, -0.2) is 4.98 Å². The first-order valence-electron chi connectivity index (χ1n) is 11.3. The molecule has 8 nitrogen and oxygen atoms in total. The number of aromatic nitrogens is 2. The van der Waals surface area contributed by atoms with Crippen LogP contribution in [-0.2, 0) is 11.3 Å². The number of H-pyrrole nitrogens is 1. The highest BCUT2D eigenvalue weighted by molar-refractivity contribution is 6.04. The van der Waals surface area contributed by atoms with E-state index in [9.17, 15) is 14.4 Å². The Labute approximate surface area is 203 Å². The molecule has 3 N–H and O–H groups in total. The second kappa shape index (κ2) is 10.8. The van der Waals surface area contributed by atoms with Crippen LogP contribution in [0.15, 0.2) is 83.7 Å². The van der Waals surface area contributed by atoms with Crippen LogP contribution in [0.2, 0.25) is 0 Å². The van der Waals surface area contributed by atoms with Gasteiger partial charge in [0.15, 0.2) is 0 Å². The topological polar surface area (TPSA) is 107 Å². The highest BCUT2D eigenvalue weighted by Gasteiger charge is 2.17. The Morgan fingerprint density at radius 1 is 0.971 bits per heavy atom. The summed E-state index contributed by atoms with van der Waals surface area (Å²) in [6, 6.07) is 23.5. The van der Waals surface area contributed by atoms with Crippen molar-refractivity contribution in [2.75, 3.05) is 18.9 Å². The van der Waals surface area contributed by atoms with Crippen molar-refractivity contribution in [2.24, 2.45) is 0 Å². The Kier molecular flexibility index (Phi) is 7.32. The fraction of sp³-hybridized carbons (Fsp3) is 0.185. The second-order valence-electron chi connectivity index (χ2n) is 8.40. The summed E-state index contributed by atoms with van der Waals surface area (Å²) in [7, 11) is 1.76. The average molecular weight is 470 g/mol. The average Bonchev–Trinajstić information content (AvgIpc) is 2.84. The van der Waals surface area contributed by atoms with Crippen molar-refractivity contribution in [3.63, 3.8) is 0 Å². The van der Waals surface area contributed by atoms with Gasteiger partial charge in [-0.2, -0.15) is 0 Å². The number of nitrogens with one attached hydrogen (secondary N) is 3. The number of hydrogen-bond donors (Lipinski definition) is 3. The quantitative estimate of drug-likeness (QED) is 0.366. The summed E-state index contributed by atoms with van der Waals surface area (Å²) in [5.41, 5.74) is 2.19. The monoisotopic (exact) mass is 469 g/mol. The molecule has 0 spiro atoms. The predicted molar refractivity (Wildman–Crippen MR) is 136 cm³/mol. The van der Waals surface area contributed by atoms with Gasteiger partial charge in [-0.1, -0.05) is 54.6 Å². The zero-order valence-corrected chi connectivity index (χ0v) is 19.6. The molecule has 1 aromatic heterocycles. The molecule has 1 atom stereocenters. The molecule has 1 heterocycles. The van der Waals surface area contributed by atoms with E-state index >= 15 is 0 Å². The minimum Gasteiger partial charge on any atom is -0.345 e. The first-order chi connectivity index (χ1) is 16.9. The highest BCUT2D eigenvalue weighted by atomic mass is 16.2. The molecule has 0 saturated heterocycles. The van der Waals surface area contributed by atoms with Crippen molar-refractivity contribution in [3.05, 3.63) is 106 Å². The van der Waals surface area contributed by atoms with Gasteiger partial charge in [0.2, 0.25) is 5.91 Å². The Balaban J connectivity index is 1.39. The number of benzene rings is 3. The van der Waals surface area contributed by atoms with E-state index in [1.54, 1.807) is 54.4 Å². The molecular weight excluding hydrogens is 442 g/mol. The number of rotatable bonds is 8. The minimum atomic E-state index is -0.285. The van der Waals surface area contributed by atoms with E-state index in [1.807, 2.05) is 43.3 Å². The second-order valence-corrected chi connectivity index (χ2v) is 8.40. The molecule has 2 amide bonds. The zero-order chi connectivity index (χ0) is 24.8. The Hall–Kier alpha value is -4.30. The number of aromatic amines is 1. The lowest BCUT2D eigenvalue weighted by Gasteiger charge is -2.18. The molecule has 0 unspecified atom stereocenters. The van der Waals surface area contributed by atoms with Crippen LogP contribution in [0, 0.1) is 0 Å². The van der Waals surface area contributed by atoms with Gasteiger partial charge in [0, 0.05) is 0 Å². The maximum absolute atomic E-state index is 12.9. The van der Waals surface area contributed by atoms with Gasteiger partial charge < -0.3 is 15.6 Å². The van der Waals surface area contributed by atoms with Gasteiger partial charge in [0.25, 0.3) is 11.5 Å². The molecule has 178 valence electrons. The Morgan fingerprint density at radius 2 is 1.66 bits per heavy atom. The largest absolute Gasteiger partial charge is 0.345 e. The van der Waals surface area contributed by atoms with Gasteiger partial charge in [-0.15, -0.1) is 0 Å². The van der Waals surface area contributed by atoms with Crippen LogP contribution in [0.3, 0.4) is 0 Å². The summed E-state index contributed by atoms with van der Waals surface area (Å²) in [6.07, 6.45) is 0. The fourth-order valence-electron chi connectivity index (χ4n) is 3.85. The standard InChI is InChI=1S/C27H27N5O3/c1-18(19-10-4-3-5-11-19)28-26(34)21-13-7-9-15-23(21)30-25(33)17-32(2)16-24-29-22-14-8-6-12-20(22)27(35)31-24/h3-15,18H,16-17H2,1-2H3,(H,28,34)(H,30,33)(H,29,31,35)/t18-/m0/s1. The summed E-state index contributed by atoms with van der Waals surface area (Å²) in [5, 5.41) is 6.33. The van der Waals surface area contributed by atoms with Crippen molar-refractivity contribution >= 4 is 28.4 Å². The third-order valence-corrected chi connectivity index (χ3v) is 5.59. The number of carbonyl (C=O) groups excluding carboxylic acids is 2. The summed E-state index contributed by atoms with van der Waals surface area (Å²) in [5.74, 6) is -0.0887. The summed E-state index contributed by atoms with van der Waals surface area (Å²) >= 11 is 0. The lowest BCUT2D eigenvalue weighted by molar-refractivity contribution is -0.117. The number of para-hydroxylation sites is 2. The third-order valence-electron chi connectivity index (χ3n) is 5.59. The maximum atomic E-state index is 12.9. The first kappa shape index (κ1) is 23.8. The smallest absolute Gasteiger partial charge is 0.258 e. The lowest BCUT2D eigenvalue weighted by Crippen LogP contribution is -2.32. The summed E-state index contributed by atoms with van der Waals surface area (Å²) in [4.78, 5) is 46.9. The van der Waals surface area contributed by atoms with Crippen molar-refractivity contribution < 1.29 is 9.59 Å². The van der Waals surface area contributed by atoms with Gasteiger partial charge in [0.1, 0.15) is 5.82 Å². The van der Waals surface area contributed by atoms with Crippen molar-refractivity contribution in [1.29, 1.82) is 0 Å². The number of hydrogen-bond acceptors (Lipinski definition) is 5. The summed E-state index contributed by atoms with van der Waals surface area (Å²) in [6.45, 7) is 2.24. The molecule has 4 aromatic rings. The minimum absolute atomic E-state index is 0.0485. The van der Waals surface area contributed by atoms with Gasteiger partial charge >= 0.3 is 0 Å². The molecule has 0 bridgehead atoms.